The van der Waals surface area contributed by atoms with E-state index in [1.165, 1.54) is 6.42 Å². The molecule has 2 heterocycles. The molecule has 0 spiro atoms. The number of hydrogen-bond acceptors (Lipinski definition) is 4. The molecule has 7 heteroatoms. The van der Waals surface area contributed by atoms with Crippen molar-refractivity contribution in [2.24, 2.45) is 0 Å². The summed E-state index contributed by atoms with van der Waals surface area (Å²) < 4.78 is 2.11. The standard InChI is InChI=1S/C13H23N5O2/c1-2-10(9-19)15-13(20)14-8-12-17-16-11-6-4-3-5-7-18(11)12/h10,19H,2-9H2,1H3,(H2,14,15,20). The Morgan fingerprint density at radius 1 is 1.40 bits per heavy atom. The Morgan fingerprint density at radius 3 is 3.00 bits per heavy atom. The minimum Gasteiger partial charge on any atom is -0.394 e. The van der Waals surface area contributed by atoms with Gasteiger partial charge in [0.2, 0.25) is 0 Å². The zero-order valence-corrected chi connectivity index (χ0v) is 11.9. The van der Waals surface area contributed by atoms with E-state index in [-0.39, 0.29) is 18.7 Å². The van der Waals surface area contributed by atoms with E-state index in [2.05, 4.69) is 25.4 Å². The van der Waals surface area contributed by atoms with Crippen LogP contribution in [0.25, 0.3) is 0 Å². The zero-order chi connectivity index (χ0) is 14.4. The fourth-order valence-corrected chi connectivity index (χ4v) is 2.35. The predicted octanol–water partition coefficient (Wildman–Crippen LogP) is 0.575. The fraction of sp³-hybridized carbons (Fsp3) is 0.769. The summed E-state index contributed by atoms with van der Waals surface area (Å²) in [5.74, 6) is 1.82. The van der Waals surface area contributed by atoms with Crippen molar-refractivity contribution in [3.05, 3.63) is 11.6 Å². The Balaban J connectivity index is 1.88. The summed E-state index contributed by atoms with van der Waals surface area (Å²) in [5.41, 5.74) is 0. The fourth-order valence-electron chi connectivity index (χ4n) is 2.35. The van der Waals surface area contributed by atoms with Crippen molar-refractivity contribution in [2.75, 3.05) is 6.61 Å². The Hall–Kier alpha value is -1.63. The van der Waals surface area contributed by atoms with E-state index in [4.69, 9.17) is 5.11 Å². The van der Waals surface area contributed by atoms with E-state index in [9.17, 15) is 4.79 Å². The Labute approximate surface area is 118 Å². The van der Waals surface area contributed by atoms with Gasteiger partial charge >= 0.3 is 6.03 Å². The van der Waals surface area contributed by atoms with Gasteiger partial charge in [0, 0.05) is 13.0 Å². The lowest BCUT2D eigenvalue weighted by atomic mass is 10.2. The van der Waals surface area contributed by atoms with Crippen LogP contribution < -0.4 is 10.6 Å². The summed E-state index contributed by atoms with van der Waals surface area (Å²) in [6.45, 7) is 3.15. The quantitative estimate of drug-likeness (QED) is 0.736. The van der Waals surface area contributed by atoms with Crippen LogP contribution >= 0.6 is 0 Å². The molecule has 0 saturated heterocycles. The maximum atomic E-state index is 11.7. The number of aromatic nitrogens is 3. The average Bonchev–Trinajstić information content (AvgIpc) is 2.69. The molecule has 0 saturated carbocycles. The maximum Gasteiger partial charge on any atom is 0.315 e. The topological polar surface area (TPSA) is 92.1 Å². The molecular weight excluding hydrogens is 258 g/mol. The average molecular weight is 281 g/mol. The second kappa shape index (κ2) is 7.23. The van der Waals surface area contributed by atoms with Crippen LogP contribution in [0.3, 0.4) is 0 Å². The highest BCUT2D eigenvalue weighted by Crippen LogP contribution is 2.14. The third kappa shape index (κ3) is 3.69. The number of aliphatic hydroxyl groups is 1. The van der Waals surface area contributed by atoms with E-state index in [0.29, 0.717) is 13.0 Å². The number of aliphatic hydroxyl groups excluding tert-OH is 1. The van der Waals surface area contributed by atoms with Crippen LogP contribution in [-0.4, -0.2) is 38.6 Å². The number of hydrogen-bond donors (Lipinski definition) is 3. The van der Waals surface area contributed by atoms with Crippen molar-refractivity contribution in [2.45, 2.75) is 58.2 Å². The van der Waals surface area contributed by atoms with Gasteiger partial charge in [0.15, 0.2) is 5.82 Å². The number of urea groups is 1. The second-order valence-electron chi connectivity index (χ2n) is 5.11. The summed E-state index contributed by atoms with van der Waals surface area (Å²) in [7, 11) is 0. The first-order chi connectivity index (χ1) is 9.74. The number of carbonyl (C=O) groups excluding carboxylic acids is 1. The molecule has 20 heavy (non-hydrogen) atoms. The van der Waals surface area contributed by atoms with Crippen LogP contribution in [0, 0.1) is 0 Å². The lowest BCUT2D eigenvalue weighted by Gasteiger charge is -2.14. The molecule has 1 atom stereocenters. The molecule has 1 aromatic rings. The van der Waals surface area contributed by atoms with Crippen molar-refractivity contribution in [3.8, 4) is 0 Å². The number of nitrogens with zero attached hydrogens (tertiary/aromatic N) is 3. The SMILES string of the molecule is CCC(CO)NC(=O)NCc1nnc2n1CCCCC2. The minimum atomic E-state index is -0.281. The highest BCUT2D eigenvalue weighted by Gasteiger charge is 2.15. The monoisotopic (exact) mass is 281 g/mol. The van der Waals surface area contributed by atoms with E-state index >= 15 is 0 Å². The molecule has 1 aliphatic rings. The third-order valence-corrected chi connectivity index (χ3v) is 3.64. The molecule has 1 unspecified atom stereocenters. The van der Waals surface area contributed by atoms with Crippen LogP contribution in [0.4, 0.5) is 4.79 Å². The van der Waals surface area contributed by atoms with Crippen LogP contribution in [0.5, 0.6) is 0 Å². The van der Waals surface area contributed by atoms with Crippen LogP contribution in [0.2, 0.25) is 0 Å². The van der Waals surface area contributed by atoms with Crippen molar-refractivity contribution >= 4 is 6.03 Å². The van der Waals surface area contributed by atoms with Gasteiger partial charge in [-0.25, -0.2) is 4.79 Å². The molecule has 0 aliphatic carbocycles. The number of amides is 2. The van der Waals surface area contributed by atoms with E-state index in [1.54, 1.807) is 0 Å². The van der Waals surface area contributed by atoms with Gasteiger partial charge in [-0.15, -0.1) is 10.2 Å². The van der Waals surface area contributed by atoms with Gasteiger partial charge in [0.1, 0.15) is 5.82 Å². The van der Waals surface area contributed by atoms with Crippen LogP contribution in [0.15, 0.2) is 0 Å². The molecule has 2 amide bonds. The maximum absolute atomic E-state index is 11.7. The highest BCUT2D eigenvalue weighted by atomic mass is 16.3. The minimum absolute atomic E-state index is 0.0513. The first-order valence-corrected chi connectivity index (χ1v) is 7.30. The third-order valence-electron chi connectivity index (χ3n) is 3.64. The molecule has 3 N–H and O–H groups in total. The van der Waals surface area contributed by atoms with Gasteiger partial charge < -0.3 is 20.3 Å². The summed E-state index contributed by atoms with van der Waals surface area (Å²) in [6.07, 6.45) is 5.16. The summed E-state index contributed by atoms with van der Waals surface area (Å²) in [6, 6.07) is -0.484. The Kier molecular flexibility index (Phi) is 5.34. The molecule has 0 radical (unpaired) electrons. The van der Waals surface area contributed by atoms with E-state index in [0.717, 1.165) is 37.5 Å². The highest BCUT2D eigenvalue weighted by molar-refractivity contribution is 5.74. The zero-order valence-electron chi connectivity index (χ0n) is 11.9. The van der Waals surface area contributed by atoms with Gasteiger partial charge in [-0.1, -0.05) is 13.3 Å². The second-order valence-corrected chi connectivity index (χ2v) is 5.11. The molecule has 0 bridgehead atoms. The number of aryl methyl sites for hydroxylation is 1. The number of carbonyl (C=O) groups is 1. The van der Waals surface area contributed by atoms with E-state index < -0.39 is 0 Å². The largest absolute Gasteiger partial charge is 0.394 e. The molecule has 112 valence electrons. The number of fused-ring (bicyclic) bond motifs is 1. The normalized spacial score (nSPS) is 16.1. The molecular formula is C13H23N5O2. The Bertz CT molecular complexity index is 442. The molecule has 0 aromatic carbocycles. The molecule has 1 aliphatic heterocycles. The van der Waals surface area contributed by atoms with Crippen LogP contribution in [-0.2, 0) is 19.5 Å². The first kappa shape index (κ1) is 14.8. The molecule has 0 fully saturated rings. The molecule has 2 rings (SSSR count). The van der Waals surface area contributed by atoms with E-state index in [1.807, 2.05) is 6.92 Å². The number of rotatable bonds is 5. The number of nitrogens with one attached hydrogen (secondary N) is 2. The van der Waals surface area contributed by atoms with Crippen molar-refractivity contribution < 1.29 is 9.90 Å². The smallest absolute Gasteiger partial charge is 0.315 e. The van der Waals surface area contributed by atoms with Gasteiger partial charge in [-0.2, -0.15) is 0 Å². The molecule has 1 aromatic heterocycles. The van der Waals surface area contributed by atoms with Gasteiger partial charge in [-0.05, 0) is 19.3 Å². The summed E-state index contributed by atoms with van der Waals surface area (Å²) >= 11 is 0. The van der Waals surface area contributed by atoms with Gasteiger partial charge in [0.25, 0.3) is 0 Å². The molecule has 7 nitrogen and oxygen atoms in total. The Morgan fingerprint density at radius 2 is 2.25 bits per heavy atom. The van der Waals surface area contributed by atoms with Gasteiger partial charge in [-0.3, -0.25) is 0 Å². The first-order valence-electron chi connectivity index (χ1n) is 7.30. The van der Waals surface area contributed by atoms with Crippen molar-refractivity contribution in [3.63, 3.8) is 0 Å². The van der Waals surface area contributed by atoms with Crippen molar-refractivity contribution in [1.82, 2.24) is 25.4 Å². The predicted molar refractivity (Wildman–Crippen MR) is 74.1 cm³/mol. The lowest BCUT2D eigenvalue weighted by molar-refractivity contribution is 0.214. The van der Waals surface area contributed by atoms with Gasteiger partial charge in [0.05, 0.1) is 19.2 Å². The van der Waals surface area contributed by atoms with Crippen molar-refractivity contribution in [1.29, 1.82) is 0 Å². The van der Waals surface area contributed by atoms with Crippen LogP contribution in [0.1, 0.15) is 44.3 Å². The lowest BCUT2D eigenvalue weighted by Crippen LogP contribution is -2.43. The summed E-state index contributed by atoms with van der Waals surface area (Å²) in [5, 5.41) is 22.9. The summed E-state index contributed by atoms with van der Waals surface area (Å²) in [4.78, 5) is 11.7.